The monoisotopic (exact) mass is 356 g/mol. The number of benzene rings is 1. The third kappa shape index (κ3) is 3.94. The Morgan fingerprint density at radius 2 is 1.92 bits per heavy atom. The van der Waals surface area contributed by atoms with Crippen molar-refractivity contribution in [2.45, 2.75) is 25.0 Å². The Bertz CT molecular complexity index is 747. The number of aliphatic hydroxyl groups is 1. The Labute approximate surface area is 153 Å². The van der Waals surface area contributed by atoms with Crippen LogP contribution in [0.15, 0.2) is 42.7 Å². The summed E-state index contributed by atoms with van der Waals surface area (Å²) in [6, 6.07) is 9.41. The number of nitrogens with zero attached hydrogens (tertiary/aromatic N) is 4. The Balaban J connectivity index is 1.67. The molecule has 7 nitrogen and oxygen atoms in total. The molecule has 1 aliphatic rings. The minimum atomic E-state index is -1.14. The van der Waals surface area contributed by atoms with Crippen LogP contribution in [0.5, 0.6) is 5.75 Å². The van der Waals surface area contributed by atoms with Crippen molar-refractivity contribution in [3.63, 3.8) is 0 Å². The maximum Gasteiger partial charge on any atom is 0.257 e. The van der Waals surface area contributed by atoms with E-state index in [9.17, 15) is 9.90 Å². The largest absolute Gasteiger partial charge is 0.487 e. The topological polar surface area (TPSA) is 78.8 Å². The highest BCUT2D eigenvalue weighted by Gasteiger charge is 2.41. The van der Waals surface area contributed by atoms with Gasteiger partial charge in [-0.3, -0.25) is 4.79 Å². The highest BCUT2D eigenvalue weighted by molar-refractivity contribution is 5.93. The van der Waals surface area contributed by atoms with E-state index in [-0.39, 0.29) is 18.6 Å². The quantitative estimate of drug-likeness (QED) is 0.896. The molecule has 2 atom stereocenters. The Kier molecular flexibility index (Phi) is 5.08. The van der Waals surface area contributed by atoms with Gasteiger partial charge in [-0.25, -0.2) is 9.97 Å². The second-order valence-corrected chi connectivity index (χ2v) is 6.96. The van der Waals surface area contributed by atoms with Crippen LogP contribution in [0, 0.1) is 0 Å². The second kappa shape index (κ2) is 7.29. The van der Waals surface area contributed by atoms with Crippen LogP contribution in [-0.4, -0.2) is 64.8 Å². The number of aromatic nitrogens is 2. The molecule has 26 heavy (non-hydrogen) atoms. The van der Waals surface area contributed by atoms with Crippen LogP contribution in [0.3, 0.4) is 0 Å². The van der Waals surface area contributed by atoms with Gasteiger partial charge in [0.25, 0.3) is 5.91 Å². The van der Waals surface area contributed by atoms with E-state index in [4.69, 9.17) is 4.74 Å². The van der Waals surface area contributed by atoms with Crippen LogP contribution in [-0.2, 0) is 0 Å². The molecule has 1 saturated heterocycles. The van der Waals surface area contributed by atoms with Crippen LogP contribution >= 0.6 is 0 Å². The standard InChI is InChI=1S/C19H24N4O3/c1-19(25)13-23(10-9-16(19)26-15-7-5-4-6-8-15)17(24)14-11-20-18(21-12-14)22(2)3/h4-8,11-12,16,25H,9-10,13H2,1-3H3/t16-,19-/m0/s1. The fourth-order valence-electron chi connectivity index (χ4n) is 3.02. The van der Waals surface area contributed by atoms with E-state index in [1.807, 2.05) is 44.4 Å². The van der Waals surface area contributed by atoms with Gasteiger partial charge < -0.3 is 19.6 Å². The molecular formula is C19H24N4O3. The summed E-state index contributed by atoms with van der Waals surface area (Å²) in [5.41, 5.74) is -0.734. The van der Waals surface area contributed by atoms with Crippen molar-refractivity contribution < 1.29 is 14.6 Å². The van der Waals surface area contributed by atoms with Crippen LogP contribution in [0.4, 0.5) is 5.95 Å². The van der Waals surface area contributed by atoms with Crippen LogP contribution < -0.4 is 9.64 Å². The smallest absolute Gasteiger partial charge is 0.257 e. The SMILES string of the molecule is CN(C)c1ncc(C(=O)N2CC[C@H](Oc3ccccc3)[C@@](C)(O)C2)cn1. The third-order valence-electron chi connectivity index (χ3n) is 4.46. The van der Waals surface area contributed by atoms with Gasteiger partial charge >= 0.3 is 0 Å². The second-order valence-electron chi connectivity index (χ2n) is 6.96. The van der Waals surface area contributed by atoms with Crippen LogP contribution in [0.25, 0.3) is 0 Å². The van der Waals surface area contributed by atoms with E-state index in [0.29, 0.717) is 30.2 Å². The number of rotatable bonds is 4. The molecule has 1 fully saturated rings. The summed E-state index contributed by atoms with van der Waals surface area (Å²) < 4.78 is 5.93. The first-order valence-corrected chi connectivity index (χ1v) is 8.59. The minimum absolute atomic E-state index is 0.186. The molecule has 1 N–H and O–H groups in total. The minimum Gasteiger partial charge on any atom is -0.487 e. The zero-order chi connectivity index (χ0) is 18.7. The number of piperidine rings is 1. The van der Waals surface area contributed by atoms with Gasteiger partial charge in [-0.2, -0.15) is 0 Å². The fraction of sp³-hybridized carbons (Fsp3) is 0.421. The molecule has 1 aromatic heterocycles. The molecule has 2 heterocycles. The number of amides is 1. The highest BCUT2D eigenvalue weighted by Crippen LogP contribution is 2.27. The average molecular weight is 356 g/mol. The van der Waals surface area contributed by atoms with Gasteiger partial charge in [0.05, 0.1) is 12.1 Å². The summed E-state index contributed by atoms with van der Waals surface area (Å²) >= 11 is 0. The predicted molar refractivity (Wildman–Crippen MR) is 98.4 cm³/mol. The highest BCUT2D eigenvalue weighted by atomic mass is 16.5. The van der Waals surface area contributed by atoms with Crippen LogP contribution in [0.1, 0.15) is 23.7 Å². The average Bonchev–Trinajstić information content (AvgIpc) is 2.63. The molecule has 0 radical (unpaired) electrons. The Hall–Kier alpha value is -2.67. The number of anilines is 1. The molecule has 0 aliphatic carbocycles. The number of carbonyl (C=O) groups is 1. The van der Waals surface area contributed by atoms with Gasteiger partial charge in [0.1, 0.15) is 17.5 Å². The molecular weight excluding hydrogens is 332 g/mol. The van der Waals surface area contributed by atoms with Crippen LogP contribution in [0.2, 0.25) is 0 Å². The molecule has 0 spiro atoms. The molecule has 2 aromatic rings. The summed E-state index contributed by atoms with van der Waals surface area (Å²) in [5, 5.41) is 10.8. The van der Waals surface area contributed by atoms with Crippen molar-refractivity contribution in [2.75, 3.05) is 32.1 Å². The lowest BCUT2D eigenvalue weighted by atomic mass is 9.91. The van der Waals surface area contributed by atoms with Crippen molar-refractivity contribution in [3.8, 4) is 5.75 Å². The summed E-state index contributed by atoms with van der Waals surface area (Å²) in [6.07, 6.45) is 3.21. The van der Waals surface area contributed by atoms with E-state index >= 15 is 0 Å². The van der Waals surface area contributed by atoms with Crippen molar-refractivity contribution in [1.29, 1.82) is 0 Å². The summed E-state index contributed by atoms with van der Waals surface area (Å²) in [5.74, 6) is 1.07. The summed E-state index contributed by atoms with van der Waals surface area (Å²) in [6.45, 7) is 2.40. The predicted octanol–water partition coefficient (Wildman–Crippen LogP) is 1.59. The molecule has 1 amide bonds. The molecule has 0 unspecified atom stereocenters. The zero-order valence-electron chi connectivity index (χ0n) is 15.3. The molecule has 3 rings (SSSR count). The first kappa shape index (κ1) is 18.1. The number of ether oxygens (including phenoxy) is 1. The lowest BCUT2D eigenvalue weighted by Crippen LogP contribution is -2.58. The number of carbonyl (C=O) groups excluding carboxylic acids is 1. The number of likely N-dealkylation sites (tertiary alicyclic amines) is 1. The van der Waals surface area contributed by atoms with E-state index < -0.39 is 5.60 Å². The first-order valence-electron chi connectivity index (χ1n) is 8.59. The lowest BCUT2D eigenvalue weighted by Gasteiger charge is -2.42. The Morgan fingerprint density at radius 3 is 2.50 bits per heavy atom. The van der Waals surface area contributed by atoms with Crippen molar-refractivity contribution in [3.05, 3.63) is 48.3 Å². The molecule has 0 saturated carbocycles. The molecule has 1 aromatic carbocycles. The molecule has 7 heteroatoms. The lowest BCUT2D eigenvalue weighted by molar-refractivity contribution is -0.0899. The van der Waals surface area contributed by atoms with Gasteiger partial charge in [-0.05, 0) is 19.1 Å². The Morgan fingerprint density at radius 1 is 1.27 bits per heavy atom. The molecule has 0 bridgehead atoms. The normalized spacial score (nSPS) is 22.8. The van der Waals surface area contributed by atoms with Gasteiger partial charge in [-0.1, -0.05) is 18.2 Å². The maximum absolute atomic E-state index is 12.7. The third-order valence-corrected chi connectivity index (χ3v) is 4.46. The number of para-hydroxylation sites is 1. The number of hydrogen-bond donors (Lipinski definition) is 1. The van der Waals surface area contributed by atoms with E-state index in [1.54, 1.807) is 16.7 Å². The van der Waals surface area contributed by atoms with Crippen molar-refractivity contribution >= 4 is 11.9 Å². The van der Waals surface area contributed by atoms with Gasteiger partial charge in [-0.15, -0.1) is 0 Å². The number of hydrogen-bond acceptors (Lipinski definition) is 6. The maximum atomic E-state index is 12.7. The van der Waals surface area contributed by atoms with Crippen molar-refractivity contribution in [2.24, 2.45) is 0 Å². The van der Waals surface area contributed by atoms with Gasteiger partial charge in [0.15, 0.2) is 0 Å². The van der Waals surface area contributed by atoms with E-state index in [0.717, 1.165) is 0 Å². The van der Waals surface area contributed by atoms with E-state index in [2.05, 4.69) is 9.97 Å². The van der Waals surface area contributed by atoms with Crippen molar-refractivity contribution in [1.82, 2.24) is 14.9 Å². The fourth-order valence-corrected chi connectivity index (χ4v) is 3.02. The van der Waals surface area contributed by atoms with Gasteiger partial charge in [0.2, 0.25) is 5.95 Å². The summed E-state index contributed by atoms with van der Waals surface area (Å²) in [4.78, 5) is 24.5. The number of β-amino-alcohol motifs (C(OH)–C–C–N with tert-alkyl or cyclic N) is 1. The molecule has 138 valence electrons. The first-order chi connectivity index (χ1) is 12.4. The van der Waals surface area contributed by atoms with Gasteiger partial charge in [0, 0.05) is 39.5 Å². The summed E-state index contributed by atoms with van der Waals surface area (Å²) in [7, 11) is 3.68. The molecule has 1 aliphatic heterocycles. The zero-order valence-corrected chi connectivity index (χ0v) is 15.3. The van der Waals surface area contributed by atoms with E-state index in [1.165, 1.54) is 12.4 Å².